The Kier molecular flexibility index (Phi) is 4.81. The van der Waals surface area contributed by atoms with Crippen molar-refractivity contribution in [3.8, 4) is 0 Å². The number of carbonyl (C=O) groups is 1. The fourth-order valence-electron chi connectivity index (χ4n) is 1.88. The summed E-state index contributed by atoms with van der Waals surface area (Å²) in [6.07, 6.45) is 1.73. The van der Waals surface area contributed by atoms with Crippen molar-refractivity contribution in [2.75, 3.05) is 10.6 Å². The fraction of sp³-hybridized carbons (Fsp3) is 0.333. The van der Waals surface area contributed by atoms with Crippen LogP contribution in [-0.4, -0.2) is 10.9 Å². The quantitative estimate of drug-likeness (QED) is 0.897. The average molecular weight is 297 g/mol. The Balaban J connectivity index is 1.95. The molecule has 2 rings (SSSR count). The van der Waals surface area contributed by atoms with Gasteiger partial charge in [-0.3, -0.25) is 4.79 Å². The van der Waals surface area contributed by atoms with Gasteiger partial charge in [-0.1, -0.05) is 45.0 Å². The number of anilines is 2. The minimum atomic E-state index is -0.427. The average Bonchev–Trinajstić information content (AvgIpc) is 2.47. The van der Waals surface area contributed by atoms with Gasteiger partial charge in [-0.2, -0.15) is 0 Å². The third-order valence-corrected chi connectivity index (χ3v) is 3.43. The van der Waals surface area contributed by atoms with Crippen LogP contribution in [0.3, 0.4) is 0 Å². The number of pyridine rings is 1. The van der Waals surface area contributed by atoms with Crippen LogP contribution in [0.1, 0.15) is 31.9 Å². The molecule has 0 aliphatic heterocycles. The zero-order valence-electron chi connectivity index (χ0n) is 13.6. The molecular weight excluding hydrogens is 274 g/mol. The first kappa shape index (κ1) is 16.0. The molecular formula is C18H23N3O. The van der Waals surface area contributed by atoms with Crippen LogP contribution >= 0.6 is 0 Å². The standard InChI is InChI=1S/C18H23N3O/c1-13-7-5-6-8-14(13)11-19-15-9-10-16(20-12-15)21-17(22)18(2,3)4/h5-10,12,19H,11H2,1-4H3,(H,20,21,22). The Morgan fingerprint density at radius 1 is 1.14 bits per heavy atom. The summed E-state index contributed by atoms with van der Waals surface area (Å²) in [4.78, 5) is 16.2. The van der Waals surface area contributed by atoms with Gasteiger partial charge in [0.15, 0.2) is 0 Å². The van der Waals surface area contributed by atoms with Crippen LogP contribution in [0.4, 0.5) is 11.5 Å². The molecule has 2 aromatic rings. The second kappa shape index (κ2) is 6.60. The van der Waals surface area contributed by atoms with E-state index in [4.69, 9.17) is 0 Å². The summed E-state index contributed by atoms with van der Waals surface area (Å²) < 4.78 is 0. The van der Waals surface area contributed by atoms with Crippen molar-refractivity contribution in [1.82, 2.24) is 4.98 Å². The van der Waals surface area contributed by atoms with Gasteiger partial charge >= 0.3 is 0 Å². The van der Waals surface area contributed by atoms with Crippen LogP contribution in [0.15, 0.2) is 42.6 Å². The molecule has 116 valence electrons. The molecule has 0 spiro atoms. The molecule has 0 aliphatic carbocycles. The molecule has 0 saturated carbocycles. The molecule has 4 heteroatoms. The smallest absolute Gasteiger partial charge is 0.230 e. The Labute approximate surface area is 132 Å². The van der Waals surface area contributed by atoms with E-state index in [1.165, 1.54) is 11.1 Å². The molecule has 0 saturated heterocycles. The van der Waals surface area contributed by atoms with E-state index >= 15 is 0 Å². The number of carbonyl (C=O) groups excluding carboxylic acids is 1. The van der Waals surface area contributed by atoms with Gasteiger partial charge in [0, 0.05) is 12.0 Å². The molecule has 0 fully saturated rings. The Morgan fingerprint density at radius 3 is 2.45 bits per heavy atom. The van der Waals surface area contributed by atoms with Crippen LogP contribution < -0.4 is 10.6 Å². The van der Waals surface area contributed by atoms with E-state index in [2.05, 4.69) is 34.7 Å². The van der Waals surface area contributed by atoms with E-state index < -0.39 is 5.41 Å². The molecule has 1 aromatic carbocycles. The highest BCUT2D eigenvalue weighted by Crippen LogP contribution is 2.17. The predicted molar refractivity (Wildman–Crippen MR) is 90.8 cm³/mol. The number of hydrogen-bond donors (Lipinski definition) is 2. The Hall–Kier alpha value is -2.36. The fourth-order valence-corrected chi connectivity index (χ4v) is 1.88. The van der Waals surface area contributed by atoms with Gasteiger partial charge < -0.3 is 10.6 Å². The van der Waals surface area contributed by atoms with Gasteiger partial charge in [0.1, 0.15) is 5.82 Å². The Morgan fingerprint density at radius 2 is 1.86 bits per heavy atom. The van der Waals surface area contributed by atoms with Crippen molar-refractivity contribution in [2.45, 2.75) is 34.2 Å². The van der Waals surface area contributed by atoms with Crippen LogP contribution in [0.2, 0.25) is 0 Å². The number of rotatable bonds is 4. The molecule has 0 unspecified atom stereocenters. The number of aryl methyl sites for hydroxylation is 1. The second-order valence-electron chi connectivity index (χ2n) is 6.42. The number of nitrogens with zero attached hydrogens (tertiary/aromatic N) is 1. The molecule has 1 aromatic heterocycles. The van der Waals surface area contributed by atoms with Gasteiger partial charge in [0.25, 0.3) is 0 Å². The first-order chi connectivity index (χ1) is 10.4. The van der Waals surface area contributed by atoms with Crippen molar-refractivity contribution in [1.29, 1.82) is 0 Å². The zero-order chi connectivity index (χ0) is 16.2. The summed E-state index contributed by atoms with van der Waals surface area (Å²) in [6.45, 7) is 8.48. The summed E-state index contributed by atoms with van der Waals surface area (Å²) in [6, 6.07) is 12.0. The predicted octanol–water partition coefficient (Wildman–Crippen LogP) is 3.99. The van der Waals surface area contributed by atoms with Gasteiger partial charge in [-0.05, 0) is 30.2 Å². The third-order valence-electron chi connectivity index (χ3n) is 3.43. The number of hydrogen-bond acceptors (Lipinski definition) is 3. The number of benzene rings is 1. The minimum Gasteiger partial charge on any atom is -0.380 e. The summed E-state index contributed by atoms with van der Waals surface area (Å²) in [7, 11) is 0. The van der Waals surface area contributed by atoms with Crippen molar-refractivity contribution in [3.05, 3.63) is 53.7 Å². The third kappa shape index (κ3) is 4.32. The SMILES string of the molecule is Cc1ccccc1CNc1ccc(NC(=O)C(C)(C)C)nc1. The maximum absolute atomic E-state index is 11.9. The molecule has 4 nitrogen and oxygen atoms in total. The lowest BCUT2D eigenvalue weighted by Gasteiger charge is -2.17. The molecule has 0 bridgehead atoms. The highest BCUT2D eigenvalue weighted by atomic mass is 16.2. The maximum atomic E-state index is 11.9. The zero-order valence-corrected chi connectivity index (χ0v) is 13.6. The highest BCUT2D eigenvalue weighted by molar-refractivity contribution is 5.93. The lowest BCUT2D eigenvalue weighted by Crippen LogP contribution is -2.27. The maximum Gasteiger partial charge on any atom is 0.230 e. The minimum absolute atomic E-state index is 0.0411. The first-order valence-corrected chi connectivity index (χ1v) is 7.42. The number of aromatic nitrogens is 1. The van der Waals surface area contributed by atoms with E-state index in [-0.39, 0.29) is 5.91 Å². The summed E-state index contributed by atoms with van der Waals surface area (Å²) in [5, 5.41) is 6.15. The monoisotopic (exact) mass is 297 g/mol. The first-order valence-electron chi connectivity index (χ1n) is 7.42. The van der Waals surface area contributed by atoms with Crippen LogP contribution in [0.5, 0.6) is 0 Å². The summed E-state index contributed by atoms with van der Waals surface area (Å²) in [5.74, 6) is 0.530. The van der Waals surface area contributed by atoms with Gasteiger partial charge in [-0.25, -0.2) is 4.98 Å². The second-order valence-corrected chi connectivity index (χ2v) is 6.42. The van der Waals surface area contributed by atoms with Gasteiger partial charge in [-0.15, -0.1) is 0 Å². The molecule has 2 N–H and O–H groups in total. The van der Waals surface area contributed by atoms with Crippen molar-refractivity contribution in [3.63, 3.8) is 0 Å². The molecule has 0 aliphatic rings. The lowest BCUT2D eigenvalue weighted by atomic mass is 9.96. The van der Waals surface area contributed by atoms with Crippen molar-refractivity contribution >= 4 is 17.4 Å². The topological polar surface area (TPSA) is 54.0 Å². The van der Waals surface area contributed by atoms with Crippen molar-refractivity contribution in [2.24, 2.45) is 5.41 Å². The Bertz CT molecular complexity index is 642. The molecule has 22 heavy (non-hydrogen) atoms. The van der Waals surface area contributed by atoms with E-state index in [0.717, 1.165) is 12.2 Å². The summed E-state index contributed by atoms with van der Waals surface area (Å²) >= 11 is 0. The largest absolute Gasteiger partial charge is 0.380 e. The van der Waals surface area contributed by atoms with E-state index in [0.29, 0.717) is 5.82 Å². The van der Waals surface area contributed by atoms with E-state index in [9.17, 15) is 4.79 Å². The molecule has 1 heterocycles. The van der Waals surface area contributed by atoms with Gasteiger partial charge in [0.05, 0.1) is 11.9 Å². The van der Waals surface area contributed by atoms with Crippen LogP contribution in [0.25, 0.3) is 0 Å². The molecule has 1 amide bonds. The van der Waals surface area contributed by atoms with E-state index in [1.807, 2.05) is 45.0 Å². The van der Waals surface area contributed by atoms with Crippen molar-refractivity contribution < 1.29 is 4.79 Å². The number of amides is 1. The van der Waals surface area contributed by atoms with Crippen LogP contribution in [-0.2, 0) is 11.3 Å². The number of nitrogens with one attached hydrogen (secondary N) is 2. The lowest BCUT2D eigenvalue weighted by molar-refractivity contribution is -0.123. The van der Waals surface area contributed by atoms with Crippen LogP contribution in [0, 0.1) is 12.3 Å². The molecule has 0 radical (unpaired) electrons. The van der Waals surface area contributed by atoms with E-state index in [1.54, 1.807) is 6.20 Å². The molecule has 0 atom stereocenters. The normalized spacial score (nSPS) is 11.1. The highest BCUT2D eigenvalue weighted by Gasteiger charge is 2.21. The van der Waals surface area contributed by atoms with Gasteiger partial charge in [0.2, 0.25) is 5.91 Å². The summed E-state index contributed by atoms with van der Waals surface area (Å²) in [5.41, 5.74) is 3.02.